The molecule has 1 heterocycles. The van der Waals surface area contributed by atoms with Gasteiger partial charge in [0.15, 0.2) is 5.13 Å². The highest BCUT2D eigenvalue weighted by Crippen LogP contribution is 2.26. The van der Waals surface area contributed by atoms with Crippen LogP contribution < -0.4 is 11.1 Å². The molecule has 104 valence electrons. The predicted octanol–water partition coefficient (Wildman–Crippen LogP) is 2.37. The Kier molecular flexibility index (Phi) is 4.35. The first-order valence-corrected chi connectivity index (χ1v) is 7.16. The number of benzene rings is 1. The van der Waals surface area contributed by atoms with Crippen molar-refractivity contribution in [1.82, 2.24) is 4.98 Å². The smallest absolute Gasteiger partial charge is 0.337 e. The van der Waals surface area contributed by atoms with Crippen molar-refractivity contribution in [3.8, 4) is 0 Å². The molecule has 0 saturated carbocycles. The lowest BCUT2D eigenvalue weighted by atomic mass is 10.1. The molecular weight excluding hydrogens is 346 g/mol. The van der Waals surface area contributed by atoms with Crippen molar-refractivity contribution in [2.75, 3.05) is 11.1 Å². The van der Waals surface area contributed by atoms with Crippen molar-refractivity contribution in [3.63, 3.8) is 0 Å². The van der Waals surface area contributed by atoms with Gasteiger partial charge >= 0.3 is 5.97 Å². The molecule has 6 nitrogen and oxygen atoms in total. The Morgan fingerprint density at radius 2 is 2.20 bits per heavy atom. The Balaban J connectivity index is 2.17. The molecule has 4 N–H and O–H groups in total. The van der Waals surface area contributed by atoms with Crippen LogP contribution in [-0.4, -0.2) is 22.0 Å². The molecule has 0 unspecified atom stereocenters. The predicted molar refractivity (Wildman–Crippen MR) is 80.0 cm³/mol. The summed E-state index contributed by atoms with van der Waals surface area (Å²) in [6.45, 7) is 0. The molecule has 0 aliphatic heterocycles. The van der Waals surface area contributed by atoms with Crippen LogP contribution in [0.15, 0.2) is 28.1 Å². The van der Waals surface area contributed by atoms with E-state index in [1.54, 1.807) is 17.5 Å². The molecule has 20 heavy (non-hydrogen) atoms. The number of carbonyl (C=O) groups is 2. The summed E-state index contributed by atoms with van der Waals surface area (Å²) in [6, 6.07) is 4.66. The van der Waals surface area contributed by atoms with Gasteiger partial charge in [-0.3, -0.25) is 4.79 Å². The SMILES string of the molecule is Nc1nc(CC(=O)Nc2c(Br)cccc2C(=O)O)cs1. The van der Waals surface area contributed by atoms with Gasteiger partial charge in [0.25, 0.3) is 0 Å². The summed E-state index contributed by atoms with van der Waals surface area (Å²) in [5.74, 6) is -1.47. The number of carbonyl (C=O) groups excluding carboxylic acids is 1. The Bertz CT molecular complexity index is 672. The van der Waals surface area contributed by atoms with Crippen LogP contribution in [0.5, 0.6) is 0 Å². The fourth-order valence-corrected chi connectivity index (χ4v) is 2.61. The van der Waals surface area contributed by atoms with Crippen LogP contribution in [0.25, 0.3) is 0 Å². The third kappa shape index (κ3) is 3.34. The van der Waals surface area contributed by atoms with E-state index in [1.807, 2.05) is 0 Å². The van der Waals surface area contributed by atoms with Gasteiger partial charge in [0.1, 0.15) is 0 Å². The number of amides is 1. The van der Waals surface area contributed by atoms with E-state index in [2.05, 4.69) is 26.2 Å². The number of nitrogens with one attached hydrogen (secondary N) is 1. The van der Waals surface area contributed by atoms with Crippen LogP contribution in [0, 0.1) is 0 Å². The zero-order chi connectivity index (χ0) is 14.7. The van der Waals surface area contributed by atoms with Gasteiger partial charge in [0.2, 0.25) is 5.91 Å². The molecule has 0 atom stereocenters. The maximum Gasteiger partial charge on any atom is 0.337 e. The molecule has 8 heteroatoms. The molecule has 0 aliphatic rings. The average molecular weight is 356 g/mol. The van der Waals surface area contributed by atoms with Crippen LogP contribution in [0.4, 0.5) is 10.8 Å². The molecule has 2 aromatic rings. The second-order valence-electron chi connectivity index (χ2n) is 3.87. The number of nitrogen functional groups attached to an aromatic ring is 1. The highest BCUT2D eigenvalue weighted by Gasteiger charge is 2.16. The monoisotopic (exact) mass is 355 g/mol. The number of aromatic nitrogens is 1. The zero-order valence-corrected chi connectivity index (χ0v) is 12.5. The van der Waals surface area contributed by atoms with Crippen LogP contribution in [0.2, 0.25) is 0 Å². The van der Waals surface area contributed by atoms with E-state index in [1.165, 1.54) is 17.4 Å². The fourth-order valence-electron chi connectivity index (χ4n) is 1.58. The van der Waals surface area contributed by atoms with Gasteiger partial charge in [0, 0.05) is 9.85 Å². The number of carboxylic acid groups (broad SMARTS) is 1. The minimum absolute atomic E-state index is 0.0190. The first kappa shape index (κ1) is 14.5. The van der Waals surface area contributed by atoms with E-state index in [0.717, 1.165) is 0 Å². The number of nitrogens with zero attached hydrogens (tertiary/aromatic N) is 1. The molecule has 0 saturated heterocycles. The fraction of sp³-hybridized carbons (Fsp3) is 0.0833. The number of halogens is 1. The normalized spacial score (nSPS) is 10.2. The van der Waals surface area contributed by atoms with Crippen LogP contribution >= 0.6 is 27.3 Å². The Labute approximate surface area is 126 Å². The van der Waals surface area contributed by atoms with E-state index in [0.29, 0.717) is 15.3 Å². The van der Waals surface area contributed by atoms with E-state index >= 15 is 0 Å². The lowest BCUT2D eigenvalue weighted by molar-refractivity contribution is -0.115. The third-order valence-electron chi connectivity index (χ3n) is 2.42. The summed E-state index contributed by atoms with van der Waals surface area (Å²) in [6.07, 6.45) is 0.0358. The number of carboxylic acids is 1. The average Bonchev–Trinajstić information content (AvgIpc) is 2.77. The van der Waals surface area contributed by atoms with Crippen molar-refractivity contribution in [3.05, 3.63) is 39.3 Å². The number of aromatic carboxylic acids is 1. The van der Waals surface area contributed by atoms with Crippen molar-refractivity contribution in [2.45, 2.75) is 6.42 Å². The van der Waals surface area contributed by atoms with Gasteiger partial charge in [-0.05, 0) is 28.1 Å². The van der Waals surface area contributed by atoms with Crippen molar-refractivity contribution >= 4 is 50.0 Å². The number of hydrogen-bond donors (Lipinski definition) is 3. The Morgan fingerprint density at radius 1 is 1.45 bits per heavy atom. The van der Waals surface area contributed by atoms with Crippen LogP contribution in [0.1, 0.15) is 16.1 Å². The molecule has 1 aromatic carbocycles. The van der Waals surface area contributed by atoms with Gasteiger partial charge in [-0.15, -0.1) is 11.3 Å². The van der Waals surface area contributed by atoms with E-state index < -0.39 is 5.97 Å². The third-order valence-corrected chi connectivity index (χ3v) is 3.80. The van der Waals surface area contributed by atoms with Crippen molar-refractivity contribution in [1.29, 1.82) is 0 Å². The van der Waals surface area contributed by atoms with Gasteiger partial charge in [-0.2, -0.15) is 0 Å². The topological polar surface area (TPSA) is 105 Å². The summed E-state index contributed by atoms with van der Waals surface area (Å²) in [4.78, 5) is 27.0. The van der Waals surface area contributed by atoms with Gasteiger partial charge in [-0.25, -0.2) is 9.78 Å². The number of thiazole rings is 1. The number of anilines is 2. The summed E-state index contributed by atoms with van der Waals surface area (Å²) in [5.41, 5.74) is 6.28. The molecule has 0 radical (unpaired) electrons. The zero-order valence-electron chi connectivity index (χ0n) is 10.1. The minimum atomic E-state index is -1.11. The van der Waals surface area contributed by atoms with E-state index in [9.17, 15) is 9.59 Å². The second kappa shape index (κ2) is 6.02. The number of para-hydroxylation sites is 1. The maximum absolute atomic E-state index is 11.9. The number of hydrogen-bond acceptors (Lipinski definition) is 5. The first-order chi connectivity index (χ1) is 9.47. The minimum Gasteiger partial charge on any atom is -0.478 e. The quantitative estimate of drug-likeness (QED) is 0.780. The lowest BCUT2D eigenvalue weighted by Crippen LogP contribution is -2.17. The van der Waals surface area contributed by atoms with Gasteiger partial charge < -0.3 is 16.2 Å². The molecule has 0 fully saturated rings. The summed E-state index contributed by atoms with van der Waals surface area (Å²) in [5, 5.41) is 13.7. The van der Waals surface area contributed by atoms with Crippen molar-refractivity contribution in [2.24, 2.45) is 0 Å². The van der Waals surface area contributed by atoms with Crippen LogP contribution in [-0.2, 0) is 11.2 Å². The Morgan fingerprint density at radius 3 is 2.80 bits per heavy atom. The summed E-state index contributed by atoms with van der Waals surface area (Å²) < 4.78 is 0.503. The molecule has 1 aromatic heterocycles. The molecular formula is C12H10BrN3O3S. The highest BCUT2D eigenvalue weighted by molar-refractivity contribution is 9.10. The van der Waals surface area contributed by atoms with Crippen LogP contribution in [0.3, 0.4) is 0 Å². The first-order valence-electron chi connectivity index (χ1n) is 5.49. The summed E-state index contributed by atoms with van der Waals surface area (Å²) >= 11 is 4.47. The van der Waals surface area contributed by atoms with Gasteiger partial charge in [-0.1, -0.05) is 6.07 Å². The molecule has 2 rings (SSSR count). The summed E-state index contributed by atoms with van der Waals surface area (Å²) in [7, 11) is 0. The standard InChI is InChI=1S/C12H10BrN3O3S/c13-8-3-1-2-7(11(18)19)10(8)16-9(17)4-6-5-20-12(14)15-6/h1-3,5H,4H2,(H2,14,15)(H,16,17)(H,18,19). The van der Waals surface area contributed by atoms with E-state index in [4.69, 9.17) is 10.8 Å². The largest absolute Gasteiger partial charge is 0.478 e. The number of nitrogens with two attached hydrogens (primary N) is 1. The van der Waals surface area contributed by atoms with Gasteiger partial charge in [0.05, 0.1) is 23.4 Å². The second-order valence-corrected chi connectivity index (χ2v) is 5.61. The molecule has 0 spiro atoms. The number of rotatable bonds is 4. The molecule has 0 bridgehead atoms. The maximum atomic E-state index is 11.9. The highest BCUT2D eigenvalue weighted by atomic mass is 79.9. The molecule has 1 amide bonds. The van der Waals surface area contributed by atoms with E-state index in [-0.39, 0.29) is 23.6 Å². The van der Waals surface area contributed by atoms with Crippen molar-refractivity contribution < 1.29 is 14.7 Å². The lowest BCUT2D eigenvalue weighted by Gasteiger charge is -2.09. The Hall–Kier alpha value is -1.93. The molecule has 0 aliphatic carbocycles.